The maximum absolute atomic E-state index is 12.6. The van der Waals surface area contributed by atoms with Crippen molar-refractivity contribution < 1.29 is 4.79 Å². The van der Waals surface area contributed by atoms with Crippen LogP contribution in [0.4, 0.5) is 5.82 Å². The molecule has 1 fully saturated rings. The van der Waals surface area contributed by atoms with Gasteiger partial charge in [0.25, 0.3) is 5.91 Å². The van der Waals surface area contributed by atoms with Crippen LogP contribution in [0.1, 0.15) is 16.9 Å². The molecule has 26 heavy (non-hydrogen) atoms. The highest BCUT2D eigenvalue weighted by Gasteiger charge is 2.22. The average Bonchev–Trinajstić information content (AvgIpc) is 2.94. The number of fused-ring (bicyclic) bond motifs is 1. The third-order valence-corrected chi connectivity index (χ3v) is 4.63. The number of amides is 1. The van der Waals surface area contributed by atoms with Crippen LogP contribution in [0.3, 0.4) is 0 Å². The largest absolute Gasteiger partial charge is 0.353 e. The van der Waals surface area contributed by atoms with Crippen molar-refractivity contribution in [3.05, 3.63) is 53.7 Å². The van der Waals surface area contributed by atoms with Crippen molar-refractivity contribution in [1.29, 1.82) is 0 Å². The number of hydrogen-bond acceptors (Lipinski definition) is 6. The van der Waals surface area contributed by atoms with Gasteiger partial charge in [-0.3, -0.25) is 9.78 Å². The van der Waals surface area contributed by atoms with Crippen LogP contribution in [0.2, 0.25) is 5.02 Å². The predicted molar refractivity (Wildman–Crippen MR) is 99.3 cm³/mol. The normalized spacial score (nSPS) is 15.1. The van der Waals surface area contributed by atoms with Gasteiger partial charge in [0.05, 0.1) is 17.2 Å². The maximum atomic E-state index is 12.6. The van der Waals surface area contributed by atoms with Gasteiger partial charge in [0.2, 0.25) is 0 Å². The molecule has 0 saturated carbocycles. The zero-order valence-electron chi connectivity index (χ0n) is 14.0. The first kappa shape index (κ1) is 16.7. The average molecular weight is 369 g/mol. The van der Waals surface area contributed by atoms with Crippen molar-refractivity contribution in [1.82, 2.24) is 24.8 Å². The summed E-state index contributed by atoms with van der Waals surface area (Å²) in [5.41, 5.74) is 2.01. The summed E-state index contributed by atoms with van der Waals surface area (Å²) in [6.07, 6.45) is 5.60. The molecule has 0 aliphatic carbocycles. The van der Waals surface area contributed by atoms with Gasteiger partial charge in [0, 0.05) is 37.4 Å². The fraction of sp³-hybridized carbons (Fsp3) is 0.278. The van der Waals surface area contributed by atoms with Crippen LogP contribution in [0.5, 0.6) is 0 Å². The number of anilines is 1. The Hall–Kier alpha value is -2.80. The summed E-state index contributed by atoms with van der Waals surface area (Å²) < 4.78 is 0. The molecule has 0 atom stereocenters. The molecule has 7 nitrogen and oxygen atoms in total. The SMILES string of the molecule is O=C(c1ccncn1)N1CCCN(c2cnc3cc(Cl)ccc3n2)CC1. The molecule has 8 heteroatoms. The number of nitrogens with zero attached hydrogens (tertiary/aromatic N) is 6. The molecule has 3 aromatic rings. The number of hydrogen-bond donors (Lipinski definition) is 0. The van der Waals surface area contributed by atoms with E-state index in [4.69, 9.17) is 16.6 Å². The monoisotopic (exact) mass is 368 g/mol. The molecule has 0 N–H and O–H groups in total. The minimum atomic E-state index is -0.0616. The smallest absolute Gasteiger partial charge is 0.272 e. The Morgan fingerprint density at radius 2 is 1.96 bits per heavy atom. The highest BCUT2D eigenvalue weighted by Crippen LogP contribution is 2.20. The number of rotatable bonds is 2. The van der Waals surface area contributed by atoms with Crippen molar-refractivity contribution >= 4 is 34.4 Å². The Labute approximate surface area is 155 Å². The van der Waals surface area contributed by atoms with E-state index in [-0.39, 0.29) is 5.91 Å². The molecule has 0 bridgehead atoms. The minimum Gasteiger partial charge on any atom is -0.353 e. The second kappa shape index (κ2) is 7.21. The van der Waals surface area contributed by atoms with Crippen LogP contribution >= 0.6 is 11.6 Å². The summed E-state index contributed by atoms with van der Waals surface area (Å²) in [5.74, 6) is 0.754. The van der Waals surface area contributed by atoms with Crippen molar-refractivity contribution in [2.75, 3.05) is 31.1 Å². The maximum Gasteiger partial charge on any atom is 0.272 e. The number of aromatic nitrogens is 4. The number of halogens is 1. The van der Waals surface area contributed by atoms with Gasteiger partial charge in [-0.1, -0.05) is 11.6 Å². The fourth-order valence-electron chi connectivity index (χ4n) is 3.06. The summed E-state index contributed by atoms with van der Waals surface area (Å²) in [6, 6.07) is 7.13. The highest BCUT2D eigenvalue weighted by molar-refractivity contribution is 6.31. The molecule has 1 amide bonds. The predicted octanol–water partition coefficient (Wildman–Crippen LogP) is 2.43. The molecule has 1 saturated heterocycles. The zero-order valence-corrected chi connectivity index (χ0v) is 14.8. The van der Waals surface area contributed by atoms with Crippen molar-refractivity contribution in [3.8, 4) is 0 Å². The Bertz CT molecular complexity index is 935. The highest BCUT2D eigenvalue weighted by atomic mass is 35.5. The first-order valence-electron chi connectivity index (χ1n) is 8.43. The van der Waals surface area contributed by atoms with E-state index in [0.717, 1.165) is 29.8 Å². The van der Waals surface area contributed by atoms with E-state index in [0.29, 0.717) is 30.4 Å². The lowest BCUT2D eigenvalue weighted by Crippen LogP contribution is -2.35. The molecule has 0 spiro atoms. The van der Waals surface area contributed by atoms with Gasteiger partial charge in [-0.15, -0.1) is 0 Å². The van der Waals surface area contributed by atoms with E-state index >= 15 is 0 Å². The molecule has 3 heterocycles. The van der Waals surface area contributed by atoms with E-state index in [9.17, 15) is 4.79 Å². The van der Waals surface area contributed by atoms with Gasteiger partial charge in [-0.05, 0) is 30.7 Å². The van der Waals surface area contributed by atoms with Crippen LogP contribution in [0.25, 0.3) is 11.0 Å². The first-order chi connectivity index (χ1) is 12.7. The third-order valence-electron chi connectivity index (χ3n) is 4.40. The van der Waals surface area contributed by atoms with Crippen LogP contribution < -0.4 is 4.90 Å². The van der Waals surface area contributed by atoms with Crippen molar-refractivity contribution in [2.24, 2.45) is 0 Å². The molecular weight excluding hydrogens is 352 g/mol. The molecule has 4 rings (SSSR count). The molecule has 0 unspecified atom stereocenters. The van der Waals surface area contributed by atoms with Crippen LogP contribution in [0.15, 0.2) is 43.0 Å². The fourth-order valence-corrected chi connectivity index (χ4v) is 3.22. The lowest BCUT2D eigenvalue weighted by Gasteiger charge is -2.22. The van der Waals surface area contributed by atoms with E-state index < -0.39 is 0 Å². The number of benzene rings is 1. The Morgan fingerprint density at radius 3 is 2.81 bits per heavy atom. The molecule has 1 aliphatic rings. The standard InChI is InChI=1S/C18H17ClN6O/c19-13-2-3-14-16(10-13)21-11-17(23-14)24-6-1-7-25(9-8-24)18(26)15-4-5-20-12-22-15/h2-5,10-12H,1,6-9H2. The van der Waals surface area contributed by atoms with E-state index in [2.05, 4.69) is 19.9 Å². The van der Waals surface area contributed by atoms with Crippen molar-refractivity contribution in [3.63, 3.8) is 0 Å². The van der Waals surface area contributed by atoms with Gasteiger partial charge in [0.15, 0.2) is 0 Å². The lowest BCUT2D eigenvalue weighted by molar-refractivity contribution is 0.0761. The van der Waals surface area contributed by atoms with Gasteiger partial charge < -0.3 is 9.80 Å². The van der Waals surface area contributed by atoms with E-state index in [1.165, 1.54) is 6.33 Å². The molecule has 2 aromatic heterocycles. The Kier molecular flexibility index (Phi) is 4.62. The quantitative estimate of drug-likeness (QED) is 0.691. The second-order valence-corrected chi connectivity index (χ2v) is 6.53. The molecule has 132 valence electrons. The summed E-state index contributed by atoms with van der Waals surface area (Å²) in [7, 11) is 0. The van der Waals surface area contributed by atoms with Gasteiger partial charge in [0.1, 0.15) is 17.8 Å². The Balaban J connectivity index is 1.50. The zero-order chi connectivity index (χ0) is 17.9. The molecule has 0 radical (unpaired) electrons. The van der Waals surface area contributed by atoms with Crippen molar-refractivity contribution in [2.45, 2.75) is 6.42 Å². The summed E-state index contributed by atoms with van der Waals surface area (Å²) >= 11 is 6.00. The topological polar surface area (TPSA) is 75.1 Å². The lowest BCUT2D eigenvalue weighted by atomic mass is 10.3. The summed E-state index contributed by atoms with van der Waals surface area (Å²) in [4.78, 5) is 33.6. The summed E-state index contributed by atoms with van der Waals surface area (Å²) in [6.45, 7) is 2.82. The van der Waals surface area contributed by atoms with Gasteiger partial charge in [-0.25, -0.2) is 15.0 Å². The molecule has 1 aliphatic heterocycles. The number of carbonyl (C=O) groups is 1. The van der Waals surface area contributed by atoms with Crippen LogP contribution in [-0.4, -0.2) is 56.9 Å². The van der Waals surface area contributed by atoms with Gasteiger partial charge >= 0.3 is 0 Å². The van der Waals surface area contributed by atoms with Crippen LogP contribution in [0, 0.1) is 0 Å². The second-order valence-electron chi connectivity index (χ2n) is 6.09. The molecule has 1 aromatic carbocycles. The summed E-state index contributed by atoms with van der Waals surface area (Å²) in [5, 5.41) is 0.646. The van der Waals surface area contributed by atoms with E-state index in [1.807, 2.05) is 17.0 Å². The minimum absolute atomic E-state index is 0.0616. The Morgan fingerprint density at radius 1 is 1.04 bits per heavy atom. The third kappa shape index (κ3) is 3.43. The van der Waals surface area contributed by atoms with Crippen LogP contribution in [-0.2, 0) is 0 Å². The first-order valence-corrected chi connectivity index (χ1v) is 8.81. The molecular formula is C18H17ClN6O. The number of carbonyl (C=O) groups excluding carboxylic acids is 1. The van der Waals surface area contributed by atoms with E-state index in [1.54, 1.807) is 24.5 Å². The van der Waals surface area contributed by atoms with Gasteiger partial charge in [-0.2, -0.15) is 0 Å².